The summed E-state index contributed by atoms with van der Waals surface area (Å²) in [4.78, 5) is 0. The molecule has 0 aromatic heterocycles. The number of rotatable bonds is 2. The number of alkyl halides is 1. The first-order valence-electron chi connectivity index (χ1n) is 2.01. The second-order valence-corrected chi connectivity index (χ2v) is 3.03. The molecule has 6 heteroatoms. The molecular formula is C3H8FLiO3S. The molecule has 0 aliphatic carbocycles. The maximum atomic E-state index is 11.7. The van der Waals surface area contributed by atoms with Crippen LogP contribution >= 0.6 is 0 Å². The molecule has 0 rings (SSSR count). The van der Waals surface area contributed by atoms with E-state index in [0.717, 1.165) is 6.92 Å². The molecule has 0 saturated heterocycles. The Bertz CT molecular complexity index is 157. The molecule has 0 radical (unpaired) electrons. The van der Waals surface area contributed by atoms with Crippen LogP contribution < -0.4 is 18.9 Å². The molecule has 9 heavy (non-hydrogen) atoms. The molecule has 0 saturated carbocycles. The summed E-state index contributed by atoms with van der Waals surface area (Å²) >= 11 is 0. The van der Waals surface area contributed by atoms with E-state index in [4.69, 9.17) is 4.55 Å². The summed E-state index contributed by atoms with van der Waals surface area (Å²) in [5.41, 5.74) is 0. The zero-order chi connectivity index (χ0) is 6.78. The molecule has 3 nitrogen and oxygen atoms in total. The van der Waals surface area contributed by atoms with Crippen LogP contribution in [0.2, 0.25) is 0 Å². The first kappa shape index (κ1) is 12.1. The van der Waals surface area contributed by atoms with Crippen molar-refractivity contribution in [2.45, 2.75) is 13.1 Å². The van der Waals surface area contributed by atoms with Gasteiger partial charge in [0.05, 0.1) is 0 Å². The molecule has 1 unspecified atom stereocenters. The molecule has 0 aliphatic rings. The van der Waals surface area contributed by atoms with Gasteiger partial charge >= 0.3 is 18.9 Å². The van der Waals surface area contributed by atoms with Gasteiger partial charge in [-0.15, -0.1) is 0 Å². The zero-order valence-electron chi connectivity index (χ0n) is 6.33. The summed E-state index contributed by atoms with van der Waals surface area (Å²) in [5.74, 6) is -0.812. The maximum Gasteiger partial charge on any atom is 1.00 e. The molecular weight excluding hydrogens is 142 g/mol. The summed E-state index contributed by atoms with van der Waals surface area (Å²) in [6.07, 6.45) is -1.50. The summed E-state index contributed by atoms with van der Waals surface area (Å²) in [5, 5.41) is 0. The molecule has 0 spiro atoms. The second-order valence-electron chi connectivity index (χ2n) is 1.53. The average Bonchev–Trinajstić information content (AvgIpc) is 1.21. The Morgan fingerprint density at radius 3 is 2.11 bits per heavy atom. The van der Waals surface area contributed by atoms with E-state index in [-0.39, 0.29) is 20.3 Å². The van der Waals surface area contributed by atoms with Gasteiger partial charge in [-0.3, -0.25) is 4.55 Å². The van der Waals surface area contributed by atoms with E-state index in [2.05, 4.69) is 0 Å². The van der Waals surface area contributed by atoms with Crippen molar-refractivity contribution in [1.29, 1.82) is 0 Å². The van der Waals surface area contributed by atoms with Gasteiger partial charge in [0.1, 0.15) is 11.9 Å². The Kier molecular flexibility index (Phi) is 5.78. The number of halogens is 1. The van der Waals surface area contributed by atoms with Crippen LogP contribution in [0.3, 0.4) is 0 Å². The van der Waals surface area contributed by atoms with Crippen molar-refractivity contribution in [2.24, 2.45) is 0 Å². The monoisotopic (exact) mass is 150 g/mol. The molecule has 52 valence electrons. The van der Waals surface area contributed by atoms with E-state index in [1.165, 1.54) is 0 Å². The van der Waals surface area contributed by atoms with Crippen molar-refractivity contribution in [1.82, 2.24) is 0 Å². The first-order chi connectivity index (χ1) is 3.42. The number of hydrogen-bond donors (Lipinski definition) is 1. The molecule has 0 amide bonds. The Balaban J connectivity index is -0.000000245. The van der Waals surface area contributed by atoms with Gasteiger partial charge in [-0.2, -0.15) is 8.42 Å². The summed E-state index contributed by atoms with van der Waals surface area (Å²) in [7, 11) is -4.10. The molecule has 1 N–H and O–H groups in total. The molecule has 1 atom stereocenters. The molecule has 0 aliphatic heterocycles. The SMILES string of the molecule is CC(F)CS(=O)(=O)O.[H-].[Li+]. The Hall–Kier alpha value is 0.437. The minimum atomic E-state index is -4.10. The summed E-state index contributed by atoms with van der Waals surface area (Å²) in [6.45, 7) is 1.06. The normalized spacial score (nSPS) is 14.1. The van der Waals surface area contributed by atoms with Gasteiger partial charge in [0.25, 0.3) is 10.1 Å². The zero-order valence-corrected chi connectivity index (χ0v) is 6.15. The minimum absolute atomic E-state index is 0. The van der Waals surface area contributed by atoms with Gasteiger partial charge in [-0.25, -0.2) is 4.39 Å². The minimum Gasteiger partial charge on any atom is -1.00 e. The predicted octanol–water partition coefficient (Wildman–Crippen LogP) is -2.65. The van der Waals surface area contributed by atoms with E-state index in [9.17, 15) is 12.8 Å². The van der Waals surface area contributed by atoms with Crippen LogP contribution in [-0.4, -0.2) is 24.9 Å². The smallest absolute Gasteiger partial charge is 1.00 e. The molecule has 0 heterocycles. The summed E-state index contributed by atoms with van der Waals surface area (Å²) < 4.78 is 39.1. The molecule has 0 aromatic carbocycles. The average molecular weight is 150 g/mol. The van der Waals surface area contributed by atoms with E-state index in [1.54, 1.807) is 0 Å². The van der Waals surface area contributed by atoms with E-state index in [1.807, 2.05) is 0 Å². The fourth-order valence-corrected chi connectivity index (χ4v) is 0.871. The fraction of sp³-hybridized carbons (Fsp3) is 1.00. The van der Waals surface area contributed by atoms with Gasteiger partial charge in [-0.05, 0) is 6.92 Å². The van der Waals surface area contributed by atoms with Crippen LogP contribution in [0.4, 0.5) is 4.39 Å². The maximum absolute atomic E-state index is 11.7. The quantitative estimate of drug-likeness (QED) is 0.345. The topological polar surface area (TPSA) is 54.4 Å². The Morgan fingerprint density at radius 2 is 2.11 bits per heavy atom. The predicted molar refractivity (Wildman–Crippen MR) is 28.1 cm³/mol. The Labute approximate surface area is 67.0 Å². The number of hydrogen-bond acceptors (Lipinski definition) is 2. The molecule has 0 bridgehead atoms. The van der Waals surface area contributed by atoms with Crippen LogP contribution in [0.1, 0.15) is 8.35 Å². The van der Waals surface area contributed by atoms with Crippen molar-refractivity contribution in [2.75, 3.05) is 5.75 Å². The van der Waals surface area contributed by atoms with Crippen LogP contribution in [0, 0.1) is 0 Å². The van der Waals surface area contributed by atoms with E-state index in [0.29, 0.717) is 0 Å². The van der Waals surface area contributed by atoms with Crippen molar-refractivity contribution < 1.29 is 37.6 Å². The van der Waals surface area contributed by atoms with E-state index < -0.39 is 22.0 Å². The van der Waals surface area contributed by atoms with Crippen molar-refractivity contribution in [3.8, 4) is 0 Å². The van der Waals surface area contributed by atoms with E-state index >= 15 is 0 Å². The first-order valence-corrected chi connectivity index (χ1v) is 3.62. The third-order valence-corrected chi connectivity index (χ3v) is 1.32. The van der Waals surface area contributed by atoms with Crippen LogP contribution in [-0.2, 0) is 10.1 Å². The van der Waals surface area contributed by atoms with Gasteiger partial charge < -0.3 is 1.43 Å². The standard InChI is InChI=1S/C3H7FO3S.Li.H/c1-3(4)2-8(5,6)7;;/h3H,2H2,1H3,(H,5,6,7);;/q;+1;-1. The van der Waals surface area contributed by atoms with Crippen LogP contribution in [0.5, 0.6) is 0 Å². The third kappa shape index (κ3) is 11.8. The second kappa shape index (κ2) is 4.28. The van der Waals surface area contributed by atoms with Crippen molar-refractivity contribution in [3.63, 3.8) is 0 Å². The van der Waals surface area contributed by atoms with Crippen LogP contribution in [0.15, 0.2) is 0 Å². The Morgan fingerprint density at radius 1 is 1.78 bits per heavy atom. The van der Waals surface area contributed by atoms with Gasteiger partial charge in [0.2, 0.25) is 0 Å². The fourth-order valence-electron chi connectivity index (χ4n) is 0.290. The van der Waals surface area contributed by atoms with Gasteiger partial charge in [0.15, 0.2) is 0 Å². The third-order valence-electron chi connectivity index (χ3n) is 0.440. The largest absolute Gasteiger partial charge is 1.00 e. The van der Waals surface area contributed by atoms with Gasteiger partial charge in [0, 0.05) is 0 Å². The van der Waals surface area contributed by atoms with Crippen molar-refractivity contribution >= 4 is 10.1 Å². The van der Waals surface area contributed by atoms with Crippen molar-refractivity contribution in [3.05, 3.63) is 0 Å². The molecule has 0 aromatic rings. The van der Waals surface area contributed by atoms with Crippen LogP contribution in [0.25, 0.3) is 0 Å². The van der Waals surface area contributed by atoms with Gasteiger partial charge in [-0.1, -0.05) is 0 Å². The molecule has 0 fully saturated rings. The summed E-state index contributed by atoms with van der Waals surface area (Å²) in [6, 6.07) is 0.